The Morgan fingerprint density at radius 1 is 1.14 bits per heavy atom. The van der Waals surface area contributed by atoms with E-state index < -0.39 is 17.9 Å². The van der Waals surface area contributed by atoms with E-state index in [4.69, 9.17) is 21.1 Å². The van der Waals surface area contributed by atoms with E-state index in [1.807, 2.05) is 0 Å². The predicted molar refractivity (Wildman–Crippen MR) is 80.0 cm³/mol. The van der Waals surface area contributed by atoms with E-state index in [1.54, 1.807) is 31.2 Å². The van der Waals surface area contributed by atoms with Crippen LogP contribution in [0.25, 0.3) is 0 Å². The van der Waals surface area contributed by atoms with Gasteiger partial charge in [-0.25, -0.2) is 9.18 Å². The second-order valence-corrected chi connectivity index (χ2v) is 4.87. The predicted octanol–water partition coefficient (Wildman–Crippen LogP) is 4.21. The summed E-state index contributed by atoms with van der Waals surface area (Å²) in [6, 6.07) is 10.6. The molecule has 22 heavy (non-hydrogen) atoms. The molecule has 0 unspecified atom stereocenters. The Morgan fingerprint density at radius 3 is 2.36 bits per heavy atom. The van der Waals surface area contributed by atoms with Crippen LogP contribution in [0.5, 0.6) is 17.2 Å². The highest BCUT2D eigenvalue weighted by Crippen LogP contribution is 2.28. The molecule has 0 spiro atoms. The van der Waals surface area contributed by atoms with Gasteiger partial charge in [0, 0.05) is 5.02 Å². The van der Waals surface area contributed by atoms with Crippen LogP contribution in [0.4, 0.5) is 4.39 Å². The van der Waals surface area contributed by atoms with Gasteiger partial charge in [-0.3, -0.25) is 0 Å². The number of esters is 1. The molecule has 0 aromatic heterocycles. The first-order chi connectivity index (χ1) is 10.5. The lowest BCUT2D eigenvalue weighted by molar-refractivity contribution is -0.147. The maximum atomic E-state index is 13.6. The fraction of sp³-hybridized carbons (Fsp3) is 0.188. The highest BCUT2D eigenvalue weighted by Gasteiger charge is 2.14. The fourth-order valence-corrected chi connectivity index (χ4v) is 1.85. The van der Waals surface area contributed by atoms with Crippen molar-refractivity contribution in [2.24, 2.45) is 0 Å². The first kappa shape index (κ1) is 16.1. The number of rotatable bonds is 5. The van der Waals surface area contributed by atoms with Crippen molar-refractivity contribution in [3.05, 3.63) is 53.3 Å². The number of carbonyl (C=O) groups excluding carboxylic acids is 1. The van der Waals surface area contributed by atoms with Crippen molar-refractivity contribution >= 4 is 17.6 Å². The number of hydrogen-bond acceptors (Lipinski definition) is 4. The fourth-order valence-electron chi connectivity index (χ4n) is 1.69. The van der Waals surface area contributed by atoms with Crippen LogP contribution in [0.15, 0.2) is 42.5 Å². The molecule has 0 N–H and O–H groups in total. The van der Waals surface area contributed by atoms with Crippen LogP contribution in [0.3, 0.4) is 0 Å². The van der Waals surface area contributed by atoms with Crippen LogP contribution in [0, 0.1) is 5.82 Å². The van der Waals surface area contributed by atoms with Gasteiger partial charge in [0.25, 0.3) is 0 Å². The van der Waals surface area contributed by atoms with E-state index in [9.17, 15) is 9.18 Å². The van der Waals surface area contributed by atoms with E-state index in [-0.39, 0.29) is 5.75 Å². The van der Waals surface area contributed by atoms with Crippen molar-refractivity contribution in [1.29, 1.82) is 0 Å². The Labute approximate surface area is 132 Å². The normalized spacial score (nSPS) is 11.6. The Kier molecular flexibility index (Phi) is 5.22. The molecular formula is C16H14ClFO4. The largest absolute Gasteiger partial charge is 0.479 e. The molecule has 0 aliphatic carbocycles. The van der Waals surface area contributed by atoms with Gasteiger partial charge in [-0.2, -0.15) is 0 Å². The average molecular weight is 325 g/mol. The Hall–Kier alpha value is -2.27. The van der Waals surface area contributed by atoms with Crippen molar-refractivity contribution < 1.29 is 23.4 Å². The molecule has 2 aromatic carbocycles. The van der Waals surface area contributed by atoms with E-state index in [1.165, 1.54) is 25.3 Å². The zero-order valence-corrected chi connectivity index (χ0v) is 12.8. The molecule has 0 fully saturated rings. The summed E-state index contributed by atoms with van der Waals surface area (Å²) in [5, 5.41) is 0.297. The van der Waals surface area contributed by atoms with Crippen molar-refractivity contribution in [3.8, 4) is 17.2 Å². The van der Waals surface area contributed by atoms with Gasteiger partial charge in [0.1, 0.15) is 11.5 Å². The summed E-state index contributed by atoms with van der Waals surface area (Å²) in [5.41, 5.74) is 0. The van der Waals surface area contributed by atoms with Gasteiger partial charge in [-0.15, -0.1) is 0 Å². The highest BCUT2D eigenvalue weighted by molar-refractivity contribution is 6.30. The van der Waals surface area contributed by atoms with Crippen molar-refractivity contribution in [2.45, 2.75) is 13.0 Å². The minimum atomic E-state index is -0.717. The molecule has 0 radical (unpaired) electrons. The minimum Gasteiger partial charge on any atom is -0.479 e. The minimum absolute atomic E-state index is 0.0704. The standard InChI is InChI=1S/C16H14ClFO4/c1-10(16(19)20-2)21-12-4-6-13(7-5-12)22-15-8-3-11(17)9-14(15)18/h3-10H,1-2H3/t10-/m0/s1. The van der Waals surface area contributed by atoms with Gasteiger partial charge in [0.2, 0.25) is 0 Å². The van der Waals surface area contributed by atoms with Crippen molar-refractivity contribution in [3.63, 3.8) is 0 Å². The van der Waals surface area contributed by atoms with Gasteiger partial charge >= 0.3 is 5.97 Å². The van der Waals surface area contributed by atoms with Gasteiger partial charge in [-0.05, 0) is 49.4 Å². The summed E-state index contributed by atoms with van der Waals surface area (Å²) >= 11 is 5.68. The van der Waals surface area contributed by atoms with Crippen LogP contribution in [-0.4, -0.2) is 19.2 Å². The Balaban J connectivity index is 2.04. The second kappa shape index (κ2) is 7.13. The molecule has 116 valence electrons. The first-order valence-electron chi connectivity index (χ1n) is 6.47. The molecule has 4 nitrogen and oxygen atoms in total. The second-order valence-electron chi connectivity index (χ2n) is 4.43. The van der Waals surface area contributed by atoms with Crippen molar-refractivity contribution in [2.75, 3.05) is 7.11 Å². The van der Waals surface area contributed by atoms with E-state index in [0.717, 1.165) is 0 Å². The maximum Gasteiger partial charge on any atom is 0.346 e. The quantitative estimate of drug-likeness (QED) is 0.773. The summed E-state index contributed by atoms with van der Waals surface area (Å²) in [6.45, 7) is 1.58. The molecular weight excluding hydrogens is 311 g/mol. The summed E-state index contributed by atoms with van der Waals surface area (Å²) in [7, 11) is 1.29. The van der Waals surface area contributed by atoms with Crippen molar-refractivity contribution in [1.82, 2.24) is 0 Å². The molecule has 6 heteroatoms. The SMILES string of the molecule is COC(=O)[C@H](C)Oc1ccc(Oc2ccc(Cl)cc2F)cc1. The smallest absolute Gasteiger partial charge is 0.346 e. The Bertz CT molecular complexity index is 658. The molecule has 0 saturated carbocycles. The third-order valence-corrected chi connectivity index (χ3v) is 3.03. The number of hydrogen-bond donors (Lipinski definition) is 0. The van der Waals surface area contributed by atoms with Gasteiger partial charge in [-0.1, -0.05) is 11.6 Å². The zero-order valence-electron chi connectivity index (χ0n) is 12.0. The average Bonchev–Trinajstić information content (AvgIpc) is 2.51. The summed E-state index contributed by atoms with van der Waals surface area (Å²) in [4.78, 5) is 11.3. The third-order valence-electron chi connectivity index (χ3n) is 2.79. The molecule has 0 saturated heterocycles. The molecule has 0 bridgehead atoms. The van der Waals surface area contributed by atoms with Gasteiger partial charge in [0.15, 0.2) is 17.7 Å². The lowest BCUT2D eigenvalue weighted by Gasteiger charge is -2.13. The number of ether oxygens (including phenoxy) is 3. The van der Waals surface area contributed by atoms with E-state index in [2.05, 4.69) is 4.74 Å². The summed E-state index contributed by atoms with van der Waals surface area (Å²) in [5.74, 6) is -0.0437. The van der Waals surface area contributed by atoms with Crippen LogP contribution in [0.1, 0.15) is 6.92 Å². The lowest BCUT2D eigenvalue weighted by Crippen LogP contribution is -2.24. The molecule has 2 aromatic rings. The molecule has 0 aliphatic heterocycles. The molecule has 2 rings (SSSR count). The number of benzene rings is 2. The summed E-state index contributed by atoms with van der Waals surface area (Å²) < 4.78 is 29.0. The third kappa shape index (κ3) is 4.11. The molecule has 0 aliphatic rings. The van der Waals surface area contributed by atoms with Crippen LogP contribution in [0.2, 0.25) is 5.02 Å². The Morgan fingerprint density at radius 2 is 1.77 bits per heavy atom. The van der Waals surface area contributed by atoms with Crippen LogP contribution < -0.4 is 9.47 Å². The molecule has 0 amide bonds. The molecule has 1 atom stereocenters. The van der Waals surface area contributed by atoms with Crippen LogP contribution >= 0.6 is 11.6 Å². The first-order valence-corrected chi connectivity index (χ1v) is 6.85. The maximum absolute atomic E-state index is 13.6. The number of halogens is 2. The van der Waals surface area contributed by atoms with E-state index in [0.29, 0.717) is 16.5 Å². The lowest BCUT2D eigenvalue weighted by atomic mass is 10.3. The number of carbonyl (C=O) groups is 1. The van der Waals surface area contributed by atoms with Crippen LogP contribution in [-0.2, 0) is 9.53 Å². The summed E-state index contributed by atoms with van der Waals surface area (Å²) in [6.07, 6.45) is -0.717. The topological polar surface area (TPSA) is 44.8 Å². The van der Waals surface area contributed by atoms with E-state index >= 15 is 0 Å². The number of methoxy groups -OCH3 is 1. The zero-order chi connectivity index (χ0) is 16.1. The molecule has 0 heterocycles. The monoisotopic (exact) mass is 324 g/mol. The van der Waals surface area contributed by atoms with Gasteiger partial charge < -0.3 is 14.2 Å². The highest BCUT2D eigenvalue weighted by atomic mass is 35.5. The van der Waals surface area contributed by atoms with Gasteiger partial charge in [0.05, 0.1) is 7.11 Å².